The summed E-state index contributed by atoms with van der Waals surface area (Å²) in [7, 11) is 0. The first-order chi connectivity index (χ1) is 14.3. The van der Waals surface area contributed by atoms with Crippen molar-refractivity contribution in [3.05, 3.63) is 42.2 Å². The molecule has 0 saturated carbocycles. The summed E-state index contributed by atoms with van der Waals surface area (Å²) in [4.78, 5) is 14.0. The zero-order valence-electron chi connectivity index (χ0n) is 15.7. The monoisotopic (exact) mass is 422 g/mol. The molecular weight excluding hydrogens is 404 g/mol. The van der Waals surface area contributed by atoms with Crippen LogP contribution in [0.4, 0.5) is 23.4 Å². The number of aromatic nitrogens is 4. The van der Waals surface area contributed by atoms with Crippen LogP contribution in [0.15, 0.2) is 36.4 Å². The molecule has 0 radical (unpaired) electrons. The lowest BCUT2D eigenvalue weighted by atomic mass is 9.97. The number of rotatable bonds is 4. The molecule has 7 nitrogen and oxygen atoms in total. The molecule has 1 unspecified atom stereocenters. The molecular formula is C19H18F4N6O. The number of hydrogen-bond donors (Lipinski definition) is 1. The third kappa shape index (κ3) is 4.19. The molecule has 3 aromatic rings. The van der Waals surface area contributed by atoms with E-state index in [1.165, 1.54) is 10.6 Å². The molecule has 1 saturated heterocycles. The molecule has 1 aliphatic heterocycles. The number of anilines is 1. The maximum Gasteiger partial charge on any atom is 0.405 e. The van der Waals surface area contributed by atoms with Crippen molar-refractivity contribution >= 4 is 17.4 Å². The lowest BCUT2D eigenvalue weighted by Gasteiger charge is -2.32. The molecule has 1 aromatic carbocycles. The van der Waals surface area contributed by atoms with E-state index in [2.05, 4.69) is 15.3 Å². The second-order valence-electron chi connectivity index (χ2n) is 7.08. The number of benzene rings is 1. The Morgan fingerprint density at radius 2 is 1.97 bits per heavy atom. The van der Waals surface area contributed by atoms with Gasteiger partial charge in [-0.15, -0.1) is 15.3 Å². The summed E-state index contributed by atoms with van der Waals surface area (Å²) >= 11 is 0. The van der Waals surface area contributed by atoms with Gasteiger partial charge in [-0.1, -0.05) is 12.1 Å². The zero-order valence-corrected chi connectivity index (χ0v) is 15.7. The molecule has 4 rings (SSSR count). The molecule has 1 N–H and O–H groups in total. The van der Waals surface area contributed by atoms with Gasteiger partial charge in [-0.2, -0.15) is 17.7 Å². The highest BCUT2D eigenvalue weighted by molar-refractivity contribution is 5.79. The largest absolute Gasteiger partial charge is 0.405 e. The van der Waals surface area contributed by atoms with Crippen LogP contribution in [0.3, 0.4) is 0 Å². The minimum absolute atomic E-state index is 0.235. The van der Waals surface area contributed by atoms with E-state index < -0.39 is 30.4 Å². The third-order valence-electron chi connectivity index (χ3n) is 4.94. The van der Waals surface area contributed by atoms with E-state index in [0.717, 1.165) is 0 Å². The van der Waals surface area contributed by atoms with Gasteiger partial charge < -0.3 is 10.2 Å². The predicted octanol–water partition coefficient (Wildman–Crippen LogP) is 2.83. The highest BCUT2D eigenvalue weighted by atomic mass is 19.4. The summed E-state index contributed by atoms with van der Waals surface area (Å²) in [6.45, 7) is -0.517. The van der Waals surface area contributed by atoms with E-state index in [-0.39, 0.29) is 17.9 Å². The molecule has 0 bridgehead atoms. The van der Waals surface area contributed by atoms with Gasteiger partial charge in [-0.25, -0.2) is 4.39 Å². The molecule has 1 fully saturated rings. The van der Waals surface area contributed by atoms with E-state index in [4.69, 9.17) is 0 Å². The summed E-state index contributed by atoms with van der Waals surface area (Å²) in [6, 6.07) is 9.51. The van der Waals surface area contributed by atoms with E-state index in [1.54, 1.807) is 30.3 Å². The summed E-state index contributed by atoms with van der Waals surface area (Å²) < 4.78 is 52.7. The Morgan fingerprint density at radius 3 is 2.73 bits per heavy atom. The van der Waals surface area contributed by atoms with Crippen molar-refractivity contribution < 1.29 is 22.4 Å². The van der Waals surface area contributed by atoms with Crippen molar-refractivity contribution in [3.8, 4) is 11.4 Å². The number of piperidine rings is 1. The number of alkyl halides is 3. The first-order valence-electron chi connectivity index (χ1n) is 9.38. The standard InChI is InChI=1S/C19H18F4N6O/c20-14-6-2-1-5-13(14)17-26-25-15-7-8-16(27-29(15)17)28-9-3-4-12(10-28)18(30)24-11-19(21,22)23/h1-2,5-8,12H,3-4,9-11H2,(H,24,30). The number of hydrogen-bond acceptors (Lipinski definition) is 5. The van der Waals surface area contributed by atoms with Crippen LogP contribution in [-0.4, -0.2) is 51.5 Å². The Morgan fingerprint density at radius 1 is 1.17 bits per heavy atom. The van der Waals surface area contributed by atoms with Crippen molar-refractivity contribution in [1.29, 1.82) is 0 Å². The van der Waals surface area contributed by atoms with Crippen LogP contribution in [-0.2, 0) is 4.79 Å². The Hall–Kier alpha value is -3.24. The molecule has 0 aliphatic carbocycles. The number of amides is 1. The summed E-state index contributed by atoms with van der Waals surface area (Å²) in [5.74, 6) is -0.923. The van der Waals surface area contributed by atoms with Gasteiger partial charge in [0.1, 0.15) is 18.2 Å². The molecule has 1 amide bonds. The molecule has 1 aliphatic rings. The number of carbonyl (C=O) groups excluding carboxylic acids is 1. The fourth-order valence-electron chi connectivity index (χ4n) is 3.49. The molecule has 11 heteroatoms. The number of carbonyl (C=O) groups is 1. The summed E-state index contributed by atoms with van der Waals surface area (Å²) in [5, 5.41) is 14.5. The van der Waals surface area contributed by atoms with E-state index in [0.29, 0.717) is 30.9 Å². The maximum absolute atomic E-state index is 14.2. The van der Waals surface area contributed by atoms with E-state index in [1.807, 2.05) is 10.2 Å². The van der Waals surface area contributed by atoms with E-state index in [9.17, 15) is 22.4 Å². The average Bonchev–Trinajstić information content (AvgIpc) is 3.15. The van der Waals surface area contributed by atoms with Crippen LogP contribution in [0.5, 0.6) is 0 Å². The topological polar surface area (TPSA) is 75.4 Å². The van der Waals surface area contributed by atoms with E-state index >= 15 is 0 Å². The Kier molecular flexibility index (Phi) is 5.27. The number of fused-ring (bicyclic) bond motifs is 1. The molecule has 0 spiro atoms. The Labute approximate surface area is 168 Å². The van der Waals surface area contributed by atoms with Crippen molar-refractivity contribution in [1.82, 2.24) is 25.1 Å². The number of nitrogens with zero attached hydrogens (tertiary/aromatic N) is 5. The fraction of sp³-hybridized carbons (Fsp3) is 0.368. The smallest absolute Gasteiger partial charge is 0.354 e. The van der Waals surface area contributed by atoms with Gasteiger partial charge in [-0.3, -0.25) is 4.79 Å². The number of halogens is 4. The van der Waals surface area contributed by atoms with Crippen molar-refractivity contribution in [3.63, 3.8) is 0 Å². The first-order valence-corrected chi connectivity index (χ1v) is 9.38. The van der Waals surface area contributed by atoms with Crippen molar-refractivity contribution in [2.45, 2.75) is 19.0 Å². The maximum atomic E-state index is 14.2. The van der Waals surface area contributed by atoms with Gasteiger partial charge in [0.05, 0.1) is 11.5 Å². The number of nitrogens with one attached hydrogen (secondary N) is 1. The third-order valence-corrected chi connectivity index (χ3v) is 4.94. The second-order valence-corrected chi connectivity index (χ2v) is 7.08. The van der Waals surface area contributed by atoms with Crippen LogP contribution < -0.4 is 10.2 Å². The first kappa shape index (κ1) is 20.0. The van der Waals surface area contributed by atoms with Crippen molar-refractivity contribution in [2.24, 2.45) is 5.92 Å². The zero-order chi connectivity index (χ0) is 21.3. The van der Waals surface area contributed by atoms with Gasteiger partial charge in [0.2, 0.25) is 5.91 Å². The SMILES string of the molecule is O=C(NCC(F)(F)F)C1CCCN(c2ccc3nnc(-c4ccccc4F)n3n2)C1. The fourth-order valence-corrected chi connectivity index (χ4v) is 3.49. The van der Waals surface area contributed by atoms with Gasteiger partial charge in [0.25, 0.3) is 0 Å². The van der Waals surface area contributed by atoms with Gasteiger partial charge in [0.15, 0.2) is 11.5 Å². The molecule has 30 heavy (non-hydrogen) atoms. The Bertz CT molecular complexity index is 1070. The molecule has 3 heterocycles. The Balaban J connectivity index is 1.56. The van der Waals surface area contributed by atoms with Gasteiger partial charge in [0, 0.05) is 13.1 Å². The molecule has 1 atom stereocenters. The van der Waals surface area contributed by atoms with Crippen LogP contribution in [0, 0.1) is 11.7 Å². The quantitative estimate of drug-likeness (QED) is 0.655. The summed E-state index contributed by atoms with van der Waals surface area (Å²) in [5.41, 5.74) is 0.672. The lowest BCUT2D eigenvalue weighted by molar-refractivity contribution is -0.140. The van der Waals surface area contributed by atoms with Crippen LogP contribution in [0.1, 0.15) is 12.8 Å². The normalized spacial score (nSPS) is 17.3. The highest BCUT2D eigenvalue weighted by Gasteiger charge is 2.32. The van der Waals surface area contributed by atoms with Crippen LogP contribution in [0.25, 0.3) is 17.0 Å². The second kappa shape index (κ2) is 7.88. The minimum atomic E-state index is -4.45. The van der Waals surface area contributed by atoms with Crippen LogP contribution in [0.2, 0.25) is 0 Å². The van der Waals surface area contributed by atoms with Gasteiger partial charge >= 0.3 is 6.18 Å². The minimum Gasteiger partial charge on any atom is -0.354 e. The predicted molar refractivity (Wildman–Crippen MR) is 100 cm³/mol. The average molecular weight is 422 g/mol. The van der Waals surface area contributed by atoms with Crippen LogP contribution >= 0.6 is 0 Å². The molecule has 158 valence electrons. The lowest BCUT2D eigenvalue weighted by Crippen LogP contribution is -2.45. The summed E-state index contributed by atoms with van der Waals surface area (Å²) in [6.07, 6.45) is -3.32. The van der Waals surface area contributed by atoms with Crippen molar-refractivity contribution in [2.75, 3.05) is 24.5 Å². The highest BCUT2D eigenvalue weighted by Crippen LogP contribution is 2.25. The van der Waals surface area contributed by atoms with Gasteiger partial charge in [-0.05, 0) is 37.1 Å². The molecule has 2 aromatic heterocycles.